The van der Waals surface area contributed by atoms with Crippen LogP contribution in [-0.4, -0.2) is 0 Å². The van der Waals surface area contributed by atoms with Crippen LogP contribution in [0.1, 0.15) is 45.4 Å². The van der Waals surface area contributed by atoms with E-state index in [4.69, 9.17) is 0 Å². The van der Waals surface area contributed by atoms with Crippen molar-refractivity contribution in [3.8, 4) is 0 Å². The van der Waals surface area contributed by atoms with E-state index in [1.165, 1.54) is 19.3 Å². The zero-order chi connectivity index (χ0) is 10.7. The lowest BCUT2D eigenvalue weighted by Gasteiger charge is -2.36. The van der Waals surface area contributed by atoms with E-state index in [2.05, 4.69) is 19.1 Å². The van der Waals surface area contributed by atoms with Crippen molar-refractivity contribution in [2.75, 3.05) is 0 Å². The fourth-order valence-corrected chi connectivity index (χ4v) is 5.95. The quantitative estimate of drug-likeness (QED) is 0.488. The van der Waals surface area contributed by atoms with Crippen molar-refractivity contribution in [2.45, 2.75) is 45.4 Å². The second-order valence-corrected chi connectivity index (χ2v) is 6.90. The van der Waals surface area contributed by atoms with E-state index >= 15 is 0 Å². The lowest BCUT2D eigenvalue weighted by molar-refractivity contribution is 0.142. The van der Waals surface area contributed by atoms with E-state index in [0.717, 1.165) is 41.4 Å². The smallest absolute Gasteiger partial charge is 0.0194 e. The van der Waals surface area contributed by atoms with Gasteiger partial charge in [-0.25, -0.2) is 0 Å². The van der Waals surface area contributed by atoms with Crippen molar-refractivity contribution in [3.05, 3.63) is 12.2 Å². The van der Waals surface area contributed by atoms with Gasteiger partial charge in [0.25, 0.3) is 0 Å². The van der Waals surface area contributed by atoms with Crippen LogP contribution >= 0.6 is 0 Å². The predicted molar refractivity (Wildman–Crippen MR) is 66.9 cm³/mol. The monoisotopic (exact) mass is 216 g/mol. The summed E-state index contributed by atoms with van der Waals surface area (Å²) in [4.78, 5) is 0. The Labute approximate surface area is 99.5 Å². The van der Waals surface area contributed by atoms with Gasteiger partial charge in [0, 0.05) is 0 Å². The van der Waals surface area contributed by atoms with Gasteiger partial charge in [-0.15, -0.1) is 0 Å². The van der Waals surface area contributed by atoms with Gasteiger partial charge in [-0.05, 0) is 60.7 Å². The molecule has 0 aromatic heterocycles. The molecule has 16 heavy (non-hydrogen) atoms. The highest BCUT2D eigenvalue weighted by atomic mass is 14.6. The standard InChI is InChI=1S/C16H24/c1-2-3-4-10-7-13-9-14(10)16-12-6-5-11(8-12)15(13)16/h5-6,10-16H,2-4,7-9H2,1H3. The summed E-state index contributed by atoms with van der Waals surface area (Å²) in [6.45, 7) is 2.34. The van der Waals surface area contributed by atoms with Gasteiger partial charge in [-0.3, -0.25) is 0 Å². The molecule has 4 aliphatic carbocycles. The summed E-state index contributed by atoms with van der Waals surface area (Å²) in [6.07, 6.45) is 14.3. The summed E-state index contributed by atoms with van der Waals surface area (Å²) in [5.74, 6) is 7.69. The molecule has 0 heteroatoms. The molecular weight excluding hydrogens is 192 g/mol. The summed E-state index contributed by atoms with van der Waals surface area (Å²) in [7, 11) is 0. The number of unbranched alkanes of at least 4 members (excludes halogenated alkanes) is 1. The Balaban J connectivity index is 1.54. The highest BCUT2D eigenvalue weighted by molar-refractivity contribution is 5.20. The van der Waals surface area contributed by atoms with Crippen LogP contribution in [-0.2, 0) is 0 Å². The number of fused-ring (bicyclic) bond motifs is 9. The Morgan fingerprint density at radius 3 is 2.62 bits per heavy atom. The number of allylic oxidation sites excluding steroid dienone is 2. The normalized spacial score (nSPS) is 56.2. The molecule has 4 bridgehead atoms. The van der Waals surface area contributed by atoms with Crippen molar-refractivity contribution < 1.29 is 0 Å². The molecule has 0 radical (unpaired) electrons. The van der Waals surface area contributed by atoms with Crippen LogP contribution in [0.5, 0.6) is 0 Å². The second kappa shape index (κ2) is 3.37. The van der Waals surface area contributed by atoms with Crippen molar-refractivity contribution in [3.63, 3.8) is 0 Å². The Bertz CT molecular complexity index is 316. The molecule has 4 aliphatic rings. The maximum absolute atomic E-state index is 2.57. The minimum Gasteiger partial charge on any atom is -0.0848 e. The number of hydrogen-bond acceptors (Lipinski definition) is 0. The van der Waals surface area contributed by atoms with Crippen molar-refractivity contribution >= 4 is 0 Å². The molecule has 0 nitrogen and oxygen atoms in total. The van der Waals surface area contributed by atoms with Gasteiger partial charge in [0.1, 0.15) is 0 Å². The molecule has 0 heterocycles. The highest BCUT2D eigenvalue weighted by Gasteiger charge is 2.60. The van der Waals surface area contributed by atoms with E-state index in [-0.39, 0.29) is 0 Å². The predicted octanol–water partition coefficient (Wildman–Crippen LogP) is 4.27. The van der Waals surface area contributed by atoms with Crippen molar-refractivity contribution in [1.29, 1.82) is 0 Å². The number of hydrogen-bond donors (Lipinski definition) is 0. The largest absolute Gasteiger partial charge is 0.0848 e. The van der Waals surface area contributed by atoms with Gasteiger partial charge in [-0.1, -0.05) is 38.3 Å². The molecule has 0 amide bonds. The average molecular weight is 216 g/mol. The van der Waals surface area contributed by atoms with Crippen LogP contribution in [0, 0.1) is 41.4 Å². The molecule has 0 spiro atoms. The summed E-state index contributed by atoms with van der Waals surface area (Å²) in [5, 5.41) is 0. The zero-order valence-corrected chi connectivity index (χ0v) is 10.4. The van der Waals surface area contributed by atoms with Crippen LogP contribution in [0.15, 0.2) is 12.2 Å². The maximum atomic E-state index is 2.57. The third-order valence-electron chi connectivity index (χ3n) is 6.34. The molecule has 0 N–H and O–H groups in total. The minimum absolute atomic E-state index is 1.01. The molecule has 4 rings (SSSR count). The van der Waals surface area contributed by atoms with Gasteiger partial charge < -0.3 is 0 Å². The zero-order valence-electron chi connectivity index (χ0n) is 10.4. The summed E-state index contributed by atoms with van der Waals surface area (Å²) in [5.41, 5.74) is 0. The summed E-state index contributed by atoms with van der Waals surface area (Å²) >= 11 is 0. The van der Waals surface area contributed by atoms with Crippen LogP contribution in [0.3, 0.4) is 0 Å². The fraction of sp³-hybridized carbons (Fsp3) is 0.875. The molecule has 3 fully saturated rings. The van der Waals surface area contributed by atoms with Crippen LogP contribution < -0.4 is 0 Å². The average Bonchev–Trinajstić information content (AvgIpc) is 3.02. The number of rotatable bonds is 3. The van der Waals surface area contributed by atoms with Crippen LogP contribution in [0.25, 0.3) is 0 Å². The van der Waals surface area contributed by atoms with Gasteiger partial charge in [0.2, 0.25) is 0 Å². The molecular formula is C16H24. The van der Waals surface area contributed by atoms with Crippen molar-refractivity contribution in [2.24, 2.45) is 41.4 Å². The molecule has 88 valence electrons. The third kappa shape index (κ3) is 1.11. The molecule has 0 aliphatic heterocycles. The van der Waals surface area contributed by atoms with E-state index < -0.39 is 0 Å². The minimum atomic E-state index is 1.01. The van der Waals surface area contributed by atoms with E-state index in [1.54, 1.807) is 19.3 Å². The Morgan fingerprint density at radius 1 is 1.00 bits per heavy atom. The molecule has 0 saturated heterocycles. The van der Waals surface area contributed by atoms with Gasteiger partial charge in [0.15, 0.2) is 0 Å². The molecule has 7 atom stereocenters. The molecule has 0 aromatic rings. The first-order valence-electron chi connectivity index (χ1n) is 7.56. The van der Waals surface area contributed by atoms with Crippen LogP contribution in [0.4, 0.5) is 0 Å². The second-order valence-electron chi connectivity index (χ2n) is 6.90. The fourth-order valence-electron chi connectivity index (χ4n) is 5.95. The van der Waals surface area contributed by atoms with E-state index in [9.17, 15) is 0 Å². The first-order chi connectivity index (χ1) is 7.88. The van der Waals surface area contributed by atoms with Crippen molar-refractivity contribution in [1.82, 2.24) is 0 Å². The maximum Gasteiger partial charge on any atom is -0.0194 e. The lowest BCUT2D eigenvalue weighted by Crippen LogP contribution is -2.30. The molecule has 3 saturated carbocycles. The molecule has 7 unspecified atom stereocenters. The van der Waals surface area contributed by atoms with E-state index in [0.29, 0.717) is 0 Å². The Hall–Kier alpha value is -0.260. The topological polar surface area (TPSA) is 0 Å². The Kier molecular flexibility index (Phi) is 2.05. The first-order valence-corrected chi connectivity index (χ1v) is 7.56. The lowest BCUT2D eigenvalue weighted by atomic mass is 9.68. The van der Waals surface area contributed by atoms with E-state index in [1.807, 2.05) is 0 Å². The van der Waals surface area contributed by atoms with Gasteiger partial charge in [-0.2, -0.15) is 0 Å². The van der Waals surface area contributed by atoms with Crippen LogP contribution in [0.2, 0.25) is 0 Å². The summed E-state index contributed by atoms with van der Waals surface area (Å²) in [6, 6.07) is 0. The van der Waals surface area contributed by atoms with Gasteiger partial charge in [0.05, 0.1) is 0 Å². The highest BCUT2D eigenvalue weighted by Crippen LogP contribution is 2.67. The third-order valence-corrected chi connectivity index (χ3v) is 6.34. The Morgan fingerprint density at radius 2 is 1.81 bits per heavy atom. The van der Waals surface area contributed by atoms with Gasteiger partial charge >= 0.3 is 0 Å². The SMILES string of the molecule is CCCCC1CC2CC1C1C3C=CC(C3)C21. The first kappa shape index (κ1) is 9.74. The molecule has 0 aromatic carbocycles. The summed E-state index contributed by atoms with van der Waals surface area (Å²) < 4.78 is 0.